The van der Waals surface area contributed by atoms with Crippen molar-refractivity contribution in [1.29, 1.82) is 0 Å². The molecule has 0 radical (unpaired) electrons. The van der Waals surface area contributed by atoms with Gasteiger partial charge in [-0.15, -0.1) is 0 Å². The summed E-state index contributed by atoms with van der Waals surface area (Å²) < 4.78 is 0. The van der Waals surface area contributed by atoms with E-state index in [1.54, 1.807) is 12.2 Å². The Labute approximate surface area is 48.3 Å². The third-order valence-corrected chi connectivity index (χ3v) is 1.08. The number of allylic oxidation sites excluding steroid dienone is 1. The predicted molar refractivity (Wildman–Crippen MR) is 32.4 cm³/mol. The minimum atomic E-state index is 0.0139. The minimum absolute atomic E-state index is 0.0139. The maximum Gasteiger partial charge on any atom is 0.112 e. The van der Waals surface area contributed by atoms with Crippen LogP contribution in [0.2, 0.25) is 0 Å². The molecule has 0 saturated heterocycles. The quantitative estimate of drug-likeness (QED) is 0.483. The smallest absolute Gasteiger partial charge is 0.112 e. The molecular weight excluding hydrogens is 102 g/mol. The topological polar surface area (TPSA) is 46.2 Å². The fourth-order valence-corrected chi connectivity index (χ4v) is 0.689. The summed E-state index contributed by atoms with van der Waals surface area (Å²) in [7, 11) is 0. The Kier molecular flexibility index (Phi) is 1.35. The zero-order valence-electron chi connectivity index (χ0n) is 4.54. The van der Waals surface area contributed by atoms with Gasteiger partial charge in [-0.1, -0.05) is 6.08 Å². The molecule has 0 heterocycles. The van der Waals surface area contributed by atoms with Gasteiger partial charge < -0.3 is 10.8 Å². The summed E-state index contributed by atoms with van der Waals surface area (Å²) in [5.41, 5.74) is 5.44. The average molecular weight is 111 g/mol. The van der Waals surface area contributed by atoms with Crippen molar-refractivity contribution >= 4 is 0 Å². The molecule has 0 bridgehead atoms. The molecule has 3 N–H and O–H groups in total. The fourth-order valence-electron chi connectivity index (χ4n) is 0.689. The molecule has 0 unspecified atom stereocenters. The van der Waals surface area contributed by atoms with Crippen LogP contribution in [0.4, 0.5) is 0 Å². The lowest BCUT2D eigenvalue weighted by Gasteiger charge is -2.06. The van der Waals surface area contributed by atoms with Crippen molar-refractivity contribution in [2.45, 2.75) is 12.5 Å². The molecule has 1 aliphatic carbocycles. The average Bonchev–Trinajstić information content (AvgIpc) is 1.64. The maximum atomic E-state index is 8.77. The van der Waals surface area contributed by atoms with Gasteiger partial charge in [0.25, 0.3) is 0 Å². The first-order chi connectivity index (χ1) is 3.79. The van der Waals surface area contributed by atoms with Crippen LogP contribution in [0.25, 0.3) is 0 Å². The summed E-state index contributed by atoms with van der Waals surface area (Å²) in [4.78, 5) is 0. The third-order valence-electron chi connectivity index (χ3n) is 1.08. The summed E-state index contributed by atoms with van der Waals surface area (Å²) in [6.07, 6.45) is 5.99. The summed E-state index contributed by atoms with van der Waals surface area (Å²) >= 11 is 0. The van der Waals surface area contributed by atoms with E-state index in [1.165, 1.54) is 0 Å². The highest BCUT2D eigenvalue weighted by Crippen LogP contribution is 2.04. The molecule has 0 aromatic rings. The molecule has 0 fully saturated rings. The molecule has 0 aliphatic heterocycles. The zero-order valence-corrected chi connectivity index (χ0v) is 4.54. The second-order valence-electron chi connectivity index (χ2n) is 1.89. The van der Waals surface area contributed by atoms with Crippen LogP contribution in [0.5, 0.6) is 0 Å². The molecule has 2 heteroatoms. The minimum Gasteiger partial charge on any atom is -0.508 e. The van der Waals surface area contributed by atoms with Crippen LogP contribution in [-0.4, -0.2) is 11.1 Å². The van der Waals surface area contributed by atoms with Crippen molar-refractivity contribution < 1.29 is 5.11 Å². The largest absolute Gasteiger partial charge is 0.508 e. The second-order valence-corrected chi connectivity index (χ2v) is 1.89. The molecule has 1 aliphatic rings. The standard InChI is InChI=1S/C6H9NO/c7-5-2-1-3-6(8)4-5/h1,3-5,8H,2,7H2/t5-/m1/s1. The molecule has 0 spiro atoms. The molecule has 0 aromatic carbocycles. The van der Waals surface area contributed by atoms with Crippen molar-refractivity contribution in [2.24, 2.45) is 5.73 Å². The number of aliphatic hydroxyl groups excluding tert-OH is 1. The van der Waals surface area contributed by atoms with Gasteiger partial charge in [0.2, 0.25) is 0 Å². The summed E-state index contributed by atoms with van der Waals surface area (Å²) in [6, 6.07) is 0.0139. The highest BCUT2D eigenvalue weighted by molar-refractivity contribution is 5.18. The van der Waals surface area contributed by atoms with Gasteiger partial charge in [0.15, 0.2) is 0 Å². The Bertz CT molecular complexity index is 137. The van der Waals surface area contributed by atoms with Gasteiger partial charge in [0.1, 0.15) is 5.76 Å². The molecular formula is C6H9NO. The van der Waals surface area contributed by atoms with Gasteiger partial charge in [-0.05, 0) is 18.6 Å². The first kappa shape index (κ1) is 5.38. The van der Waals surface area contributed by atoms with Crippen LogP contribution in [0, 0.1) is 0 Å². The van der Waals surface area contributed by atoms with Crippen LogP contribution in [0.15, 0.2) is 24.0 Å². The van der Waals surface area contributed by atoms with E-state index in [2.05, 4.69) is 0 Å². The lowest BCUT2D eigenvalue weighted by molar-refractivity contribution is 0.424. The van der Waals surface area contributed by atoms with Crippen LogP contribution in [-0.2, 0) is 0 Å². The molecule has 1 atom stereocenters. The molecule has 2 nitrogen and oxygen atoms in total. The lowest BCUT2D eigenvalue weighted by atomic mass is 10.1. The van der Waals surface area contributed by atoms with Crippen molar-refractivity contribution in [3.05, 3.63) is 24.0 Å². The number of hydrogen-bond donors (Lipinski definition) is 2. The number of nitrogens with two attached hydrogens (primary N) is 1. The number of hydrogen-bond acceptors (Lipinski definition) is 2. The van der Waals surface area contributed by atoms with Crippen LogP contribution in [0.3, 0.4) is 0 Å². The normalized spacial score (nSPS) is 27.6. The number of rotatable bonds is 0. The molecule has 0 saturated carbocycles. The first-order valence-corrected chi connectivity index (χ1v) is 2.62. The molecule has 0 aromatic heterocycles. The Hall–Kier alpha value is -0.760. The number of aliphatic hydroxyl groups is 1. The summed E-state index contributed by atoms with van der Waals surface area (Å²) in [5, 5.41) is 8.77. The Balaban J connectivity index is 2.63. The monoisotopic (exact) mass is 111 g/mol. The third kappa shape index (κ3) is 1.10. The molecule has 1 rings (SSSR count). The fraction of sp³-hybridized carbons (Fsp3) is 0.333. The molecule has 8 heavy (non-hydrogen) atoms. The highest BCUT2D eigenvalue weighted by Gasteiger charge is 2.00. The van der Waals surface area contributed by atoms with Crippen molar-refractivity contribution in [2.75, 3.05) is 0 Å². The lowest BCUT2D eigenvalue weighted by Crippen LogP contribution is -2.17. The van der Waals surface area contributed by atoms with E-state index in [1.807, 2.05) is 6.08 Å². The highest BCUT2D eigenvalue weighted by atomic mass is 16.3. The van der Waals surface area contributed by atoms with Gasteiger partial charge in [-0.25, -0.2) is 0 Å². The van der Waals surface area contributed by atoms with E-state index in [9.17, 15) is 0 Å². The van der Waals surface area contributed by atoms with Gasteiger partial charge in [-0.2, -0.15) is 0 Å². The van der Waals surface area contributed by atoms with E-state index in [4.69, 9.17) is 10.8 Å². The molecule has 0 amide bonds. The Morgan fingerprint density at radius 1 is 1.75 bits per heavy atom. The Morgan fingerprint density at radius 3 is 2.88 bits per heavy atom. The van der Waals surface area contributed by atoms with Gasteiger partial charge >= 0.3 is 0 Å². The van der Waals surface area contributed by atoms with E-state index < -0.39 is 0 Å². The second kappa shape index (κ2) is 2.01. The zero-order chi connectivity index (χ0) is 5.98. The predicted octanol–water partition coefficient (Wildman–Crippen LogP) is 0.716. The van der Waals surface area contributed by atoms with E-state index in [-0.39, 0.29) is 11.8 Å². The summed E-state index contributed by atoms with van der Waals surface area (Å²) in [6.45, 7) is 0. The SMILES string of the molecule is N[C@H]1C=C(O)C=CC1. The van der Waals surface area contributed by atoms with E-state index >= 15 is 0 Å². The maximum absolute atomic E-state index is 8.77. The van der Waals surface area contributed by atoms with Crippen molar-refractivity contribution in [1.82, 2.24) is 0 Å². The van der Waals surface area contributed by atoms with Crippen molar-refractivity contribution in [3.63, 3.8) is 0 Å². The Morgan fingerprint density at radius 2 is 2.50 bits per heavy atom. The van der Waals surface area contributed by atoms with Crippen LogP contribution >= 0.6 is 0 Å². The van der Waals surface area contributed by atoms with Gasteiger partial charge in [0.05, 0.1) is 0 Å². The van der Waals surface area contributed by atoms with Crippen molar-refractivity contribution in [3.8, 4) is 0 Å². The van der Waals surface area contributed by atoms with E-state index in [0.717, 1.165) is 6.42 Å². The van der Waals surface area contributed by atoms with Crippen LogP contribution < -0.4 is 5.73 Å². The van der Waals surface area contributed by atoms with Crippen LogP contribution in [0.1, 0.15) is 6.42 Å². The van der Waals surface area contributed by atoms with E-state index in [0.29, 0.717) is 0 Å². The summed E-state index contributed by atoms with van der Waals surface area (Å²) in [5.74, 6) is 0.281. The first-order valence-electron chi connectivity index (χ1n) is 2.62. The molecule has 44 valence electrons. The van der Waals surface area contributed by atoms with Gasteiger partial charge in [0, 0.05) is 6.04 Å². The van der Waals surface area contributed by atoms with Gasteiger partial charge in [-0.3, -0.25) is 0 Å².